The molecule has 0 aliphatic carbocycles. The van der Waals surface area contributed by atoms with Crippen LogP contribution in [0.2, 0.25) is 0 Å². The maximum atomic E-state index is 12.3. The molecule has 0 radical (unpaired) electrons. The topological polar surface area (TPSA) is 74.4 Å². The van der Waals surface area contributed by atoms with Crippen LogP contribution in [0.25, 0.3) is 0 Å². The second kappa shape index (κ2) is 8.66. The number of aromatic nitrogens is 3. The van der Waals surface area contributed by atoms with Gasteiger partial charge in [0.15, 0.2) is 11.4 Å². The molecule has 1 saturated heterocycles. The second-order valence-electron chi connectivity index (χ2n) is 10.4. The van der Waals surface area contributed by atoms with Crippen molar-refractivity contribution in [2.45, 2.75) is 44.8 Å². The Bertz CT molecular complexity index is 1230. The molecule has 2 aromatic heterocycles. The Morgan fingerprint density at radius 2 is 1.74 bits per heavy atom. The Morgan fingerprint density at radius 1 is 1.06 bits per heavy atom. The highest BCUT2D eigenvalue weighted by molar-refractivity contribution is 5.45. The van der Waals surface area contributed by atoms with Crippen molar-refractivity contribution in [3.8, 4) is 11.8 Å². The highest BCUT2D eigenvalue weighted by Crippen LogP contribution is 2.50. The third-order valence-corrected chi connectivity index (χ3v) is 6.97. The molecule has 2 atom stereocenters. The summed E-state index contributed by atoms with van der Waals surface area (Å²) in [5.41, 5.74) is 0.370. The molecule has 2 N–H and O–H groups in total. The number of benzene rings is 1. The van der Waals surface area contributed by atoms with Gasteiger partial charge in [-0.05, 0) is 37.1 Å². The average molecular weight is 459 g/mol. The van der Waals surface area contributed by atoms with Crippen LogP contribution in [0, 0.1) is 17.3 Å². The molecule has 178 valence electrons. The molecule has 0 amide bonds. The second-order valence-corrected chi connectivity index (χ2v) is 10.4. The van der Waals surface area contributed by atoms with Crippen LogP contribution in [-0.2, 0) is 18.2 Å². The van der Waals surface area contributed by atoms with Crippen LogP contribution in [0.15, 0.2) is 55.1 Å². The predicted octanol–water partition coefficient (Wildman–Crippen LogP) is 3.39. The molecule has 34 heavy (non-hydrogen) atoms. The van der Waals surface area contributed by atoms with Crippen molar-refractivity contribution in [2.24, 2.45) is 12.5 Å². The summed E-state index contributed by atoms with van der Waals surface area (Å²) in [6.45, 7) is 9.59. The van der Waals surface area contributed by atoms with Gasteiger partial charge in [-0.25, -0.2) is 4.98 Å². The van der Waals surface area contributed by atoms with Crippen molar-refractivity contribution in [3.05, 3.63) is 83.2 Å². The Hall–Kier alpha value is -2.98. The molecule has 1 aliphatic rings. The lowest BCUT2D eigenvalue weighted by atomic mass is 9.62. The van der Waals surface area contributed by atoms with Crippen molar-refractivity contribution in [3.63, 3.8) is 0 Å². The third kappa shape index (κ3) is 4.16. The number of pyridine rings is 1. The largest absolute Gasteiger partial charge is 0.380 e. The van der Waals surface area contributed by atoms with Gasteiger partial charge in [-0.2, -0.15) is 0 Å². The van der Waals surface area contributed by atoms with Gasteiger partial charge in [-0.3, -0.25) is 4.98 Å². The summed E-state index contributed by atoms with van der Waals surface area (Å²) in [5.74, 6) is 6.85. The molecular weight excluding hydrogens is 424 g/mol. The number of rotatable bonds is 5. The fraction of sp³-hybridized carbons (Fsp3) is 0.429. The van der Waals surface area contributed by atoms with E-state index in [1.165, 1.54) is 5.56 Å². The molecule has 1 aromatic carbocycles. The first kappa shape index (κ1) is 24.2. The fourth-order valence-electron chi connectivity index (χ4n) is 5.14. The molecule has 1 unspecified atom stereocenters. The van der Waals surface area contributed by atoms with Crippen LogP contribution in [0.1, 0.15) is 61.7 Å². The van der Waals surface area contributed by atoms with E-state index in [4.69, 9.17) is 0 Å². The van der Waals surface area contributed by atoms with E-state index in [2.05, 4.69) is 66.7 Å². The first-order valence-corrected chi connectivity index (χ1v) is 11.7. The van der Waals surface area contributed by atoms with Gasteiger partial charge >= 0.3 is 0 Å². The minimum atomic E-state index is -1.42. The molecule has 6 heteroatoms. The highest BCUT2D eigenvalue weighted by atomic mass is 16.3. The molecule has 0 saturated carbocycles. The van der Waals surface area contributed by atoms with E-state index < -0.39 is 11.2 Å². The summed E-state index contributed by atoms with van der Waals surface area (Å²) >= 11 is 0. The van der Waals surface area contributed by atoms with E-state index in [0.717, 1.165) is 18.7 Å². The normalized spacial score (nSPS) is 19.0. The first-order chi connectivity index (χ1) is 16.0. The van der Waals surface area contributed by atoms with Crippen LogP contribution >= 0.6 is 0 Å². The minimum absolute atomic E-state index is 0.382. The molecule has 1 aliphatic heterocycles. The van der Waals surface area contributed by atoms with Crippen LogP contribution < -0.4 is 0 Å². The van der Waals surface area contributed by atoms with Gasteiger partial charge in [-0.1, -0.05) is 56.9 Å². The molecule has 0 bridgehead atoms. The van der Waals surface area contributed by atoms with Gasteiger partial charge < -0.3 is 19.7 Å². The number of hydrogen-bond acceptors (Lipinski definition) is 5. The highest BCUT2D eigenvalue weighted by Gasteiger charge is 2.55. The zero-order valence-corrected chi connectivity index (χ0v) is 20.9. The Kier molecular flexibility index (Phi) is 6.15. The standard InChI is InChI=1S/C28H34N4O2/c1-20(2)22-7-9-23(10-8-22)28(34,26(3)18-31(5)19-26)24-15-21(16-29-17-24)11-12-27(4,33)25-30-13-14-32(25)6/h7-10,13-17,20,33-34H,18-19H2,1-6H3/t27?,28-/m0/s1. The molecule has 3 aromatic rings. The number of aryl methyl sites for hydroxylation is 1. The van der Waals surface area contributed by atoms with Crippen molar-refractivity contribution in [1.29, 1.82) is 0 Å². The smallest absolute Gasteiger partial charge is 0.181 e. The fourth-order valence-corrected chi connectivity index (χ4v) is 5.14. The number of hydrogen-bond donors (Lipinski definition) is 2. The monoisotopic (exact) mass is 458 g/mol. The Balaban J connectivity index is 1.76. The van der Waals surface area contributed by atoms with Gasteiger partial charge in [0.25, 0.3) is 0 Å². The zero-order valence-electron chi connectivity index (χ0n) is 20.9. The number of nitrogens with zero attached hydrogens (tertiary/aromatic N) is 4. The van der Waals surface area contributed by atoms with E-state index in [9.17, 15) is 10.2 Å². The summed E-state index contributed by atoms with van der Waals surface area (Å²) in [6.07, 6.45) is 6.79. The van der Waals surface area contributed by atoms with Crippen LogP contribution in [0.5, 0.6) is 0 Å². The summed E-state index contributed by atoms with van der Waals surface area (Å²) in [6, 6.07) is 10.1. The minimum Gasteiger partial charge on any atom is -0.380 e. The third-order valence-electron chi connectivity index (χ3n) is 6.97. The SMILES string of the molecule is CC(C)c1ccc([C@](O)(c2cncc(C#CC(C)(O)c3nccn3C)c2)C2(C)CN(C)C2)cc1. The predicted molar refractivity (Wildman–Crippen MR) is 133 cm³/mol. The maximum absolute atomic E-state index is 12.3. The van der Waals surface area contributed by atoms with Crippen LogP contribution in [0.3, 0.4) is 0 Å². The van der Waals surface area contributed by atoms with Crippen molar-refractivity contribution < 1.29 is 10.2 Å². The molecule has 4 rings (SSSR count). The van der Waals surface area contributed by atoms with Crippen molar-refractivity contribution >= 4 is 0 Å². The van der Waals surface area contributed by atoms with E-state index in [0.29, 0.717) is 22.9 Å². The summed E-state index contributed by atoms with van der Waals surface area (Å²) in [4.78, 5) is 10.8. The quantitative estimate of drug-likeness (QED) is 0.574. The van der Waals surface area contributed by atoms with Gasteiger partial charge in [0.2, 0.25) is 0 Å². The molecule has 1 fully saturated rings. The molecule has 6 nitrogen and oxygen atoms in total. The lowest BCUT2D eigenvalue weighted by Gasteiger charge is -2.55. The lowest BCUT2D eigenvalue weighted by molar-refractivity contribution is -0.127. The molecule has 0 spiro atoms. The lowest BCUT2D eigenvalue weighted by Crippen LogP contribution is -2.63. The van der Waals surface area contributed by atoms with Gasteiger partial charge in [0.05, 0.1) is 0 Å². The Labute approximate surface area is 202 Å². The van der Waals surface area contributed by atoms with Crippen LogP contribution in [0.4, 0.5) is 0 Å². The number of imidazole rings is 1. The van der Waals surface area contributed by atoms with Gasteiger partial charge in [0, 0.05) is 61.5 Å². The molecular formula is C28H34N4O2. The van der Waals surface area contributed by atoms with E-state index >= 15 is 0 Å². The summed E-state index contributed by atoms with van der Waals surface area (Å²) < 4.78 is 1.75. The van der Waals surface area contributed by atoms with E-state index in [-0.39, 0.29) is 5.41 Å². The average Bonchev–Trinajstić information content (AvgIpc) is 3.23. The first-order valence-electron chi connectivity index (χ1n) is 11.7. The summed E-state index contributed by atoms with van der Waals surface area (Å²) in [7, 11) is 3.88. The van der Waals surface area contributed by atoms with Gasteiger partial charge in [0.1, 0.15) is 5.60 Å². The van der Waals surface area contributed by atoms with E-state index in [1.807, 2.05) is 25.2 Å². The van der Waals surface area contributed by atoms with Crippen molar-refractivity contribution in [1.82, 2.24) is 19.4 Å². The Morgan fingerprint density at radius 3 is 2.29 bits per heavy atom. The molecule has 3 heterocycles. The van der Waals surface area contributed by atoms with Crippen LogP contribution in [-0.4, -0.2) is 49.8 Å². The van der Waals surface area contributed by atoms with Gasteiger partial charge in [-0.15, -0.1) is 0 Å². The maximum Gasteiger partial charge on any atom is 0.181 e. The van der Waals surface area contributed by atoms with Crippen molar-refractivity contribution in [2.75, 3.05) is 20.1 Å². The summed E-state index contributed by atoms with van der Waals surface area (Å²) in [5, 5.41) is 23.2. The zero-order chi connectivity index (χ0) is 24.7. The number of likely N-dealkylation sites (tertiary alicyclic amines) is 1. The number of aliphatic hydroxyl groups is 2. The van der Waals surface area contributed by atoms with E-state index in [1.54, 1.807) is 36.3 Å².